The van der Waals surface area contributed by atoms with Gasteiger partial charge in [-0.25, -0.2) is 0 Å². The van der Waals surface area contributed by atoms with Crippen molar-refractivity contribution >= 4 is 11.4 Å². The molecule has 0 heterocycles. The Balaban J connectivity index is 3.01. The van der Waals surface area contributed by atoms with Crippen molar-refractivity contribution in [3.8, 4) is 5.75 Å². The first-order chi connectivity index (χ1) is 9.23. The van der Waals surface area contributed by atoms with Crippen molar-refractivity contribution in [1.29, 1.82) is 0 Å². The number of aliphatic hydroxyl groups is 1. The van der Waals surface area contributed by atoms with E-state index in [1.54, 1.807) is 13.8 Å². The Morgan fingerprint density at radius 1 is 1.35 bits per heavy atom. The number of benzene rings is 1. The van der Waals surface area contributed by atoms with Crippen molar-refractivity contribution in [1.82, 2.24) is 0 Å². The van der Waals surface area contributed by atoms with Gasteiger partial charge in [-0.1, -0.05) is 0 Å². The molecule has 0 unspecified atom stereocenters. The van der Waals surface area contributed by atoms with Crippen LogP contribution in [0.1, 0.15) is 13.8 Å². The highest BCUT2D eigenvalue weighted by molar-refractivity contribution is 5.62. The molecule has 0 aliphatic heterocycles. The number of halogens is 3. The molecule has 20 heavy (non-hydrogen) atoms. The molecule has 0 radical (unpaired) electrons. The molecule has 1 aromatic carbocycles. The Bertz CT molecular complexity index is 436. The minimum atomic E-state index is -4.35. The van der Waals surface area contributed by atoms with E-state index >= 15 is 0 Å². The number of aliphatic hydroxyl groups excluding tert-OH is 1. The average molecular weight is 292 g/mol. The van der Waals surface area contributed by atoms with Crippen LogP contribution in [0.15, 0.2) is 18.2 Å². The third-order valence-corrected chi connectivity index (χ3v) is 2.47. The van der Waals surface area contributed by atoms with Gasteiger partial charge in [0.25, 0.3) is 0 Å². The minimum Gasteiger partial charge on any atom is -0.489 e. The van der Waals surface area contributed by atoms with Crippen molar-refractivity contribution in [3.05, 3.63) is 18.2 Å². The molecule has 0 saturated carbocycles. The summed E-state index contributed by atoms with van der Waals surface area (Å²) in [4.78, 5) is 1.03. The number of anilines is 2. The SMILES string of the molecule is CC(C)Oc1cc(N(CCO)CC(F)(F)F)ccc1N. The largest absolute Gasteiger partial charge is 0.489 e. The summed E-state index contributed by atoms with van der Waals surface area (Å²) >= 11 is 0. The fraction of sp³-hybridized carbons (Fsp3) is 0.538. The number of nitrogen functional groups attached to an aromatic ring is 1. The quantitative estimate of drug-likeness (QED) is 0.791. The summed E-state index contributed by atoms with van der Waals surface area (Å²) in [6, 6.07) is 4.43. The lowest BCUT2D eigenvalue weighted by Crippen LogP contribution is -2.36. The van der Waals surface area contributed by atoms with Crippen LogP contribution < -0.4 is 15.4 Å². The maximum Gasteiger partial charge on any atom is 0.405 e. The zero-order chi connectivity index (χ0) is 15.3. The lowest BCUT2D eigenvalue weighted by Gasteiger charge is -2.26. The van der Waals surface area contributed by atoms with Crippen molar-refractivity contribution in [2.75, 3.05) is 30.3 Å². The number of nitrogens with zero attached hydrogens (tertiary/aromatic N) is 1. The van der Waals surface area contributed by atoms with E-state index in [9.17, 15) is 13.2 Å². The van der Waals surface area contributed by atoms with Crippen LogP contribution >= 0.6 is 0 Å². The van der Waals surface area contributed by atoms with E-state index in [1.165, 1.54) is 18.2 Å². The van der Waals surface area contributed by atoms with Crippen LogP contribution in [0.25, 0.3) is 0 Å². The molecule has 0 saturated heterocycles. The van der Waals surface area contributed by atoms with Gasteiger partial charge in [0.15, 0.2) is 0 Å². The second-order valence-electron chi connectivity index (χ2n) is 4.65. The summed E-state index contributed by atoms with van der Waals surface area (Å²) in [7, 11) is 0. The molecule has 0 spiro atoms. The van der Waals surface area contributed by atoms with Gasteiger partial charge in [0.1, 0.15) is 12.3 Å². The average Bonchev–Trinajstić information content (AvgIpc) is 2.29. The number of hydrogen-bond acceptors (Lipinski definition) is 4. The van der Waals surface area contributed by atoms with Crippen LogP contribution in [0.4, 0.5) is 24.5 Å². The van der Waals surface area contributed by atoms with Gasteiger partial charge in [0, 0.05) is 18.3 Å². The van der Waals surface area contributed by atoms with Crippen LogP contribution in [0, 0.1) is 0 Å². The van der Waals surface area contributed by atoms with E-state index in [-0.39, 0.29) is 19.3 Å². The van der Waals surface area contributed by atoms with E-state index in [2.05, 4.69) is 0 Å². The zero-order valence-electron chi connectivity index (χ0n) is 11.4. The molecule has 114 valence electrons. The van der Waals surface area contributed by atoms with E-state index in [1.807, 2.05) is 0 Å². The Morgan fingerprint density at radius 3 is 2.50 bits per heavy atom. The second kappa shape index (κ2) is 6.69. The lowest BCUT2D eigenvalue weighted by molar-refractivity contribution is -0.119. The molecule has 0 aliphatic carbocycles. The van der Waals surface area contributed by atoms with E-state index in [0.29, 0.717) is 17.1 Å². The Morgan fingerprint density at radius 2 is 2.00 bits per heavy atom. The summed E-state index contributed by atoms with van der Waals surface area (Å²) in [5, 5.41) is 8.90. The summed E-state index contributed by atoms with van der Waals surface area (Å²) in [5.74, 6) is 0.336. The standard InChI is InChI=1S/C13H19F3N2O2/c1-9(2)20-12-7-10(3-4-11(12)17)18(5-6-19)8-13(14,15)16/h3-4,7,9,19H,5-6,8,17H2,1-2H3. The predicted octanol–water partition coefficient (Wildman–Crippen LogP) is 2.42. The first kappa shape index (κ1) is 16.4. The van der Waals surface area contributed by atoms with Gasteiger partial charge in [0.05, 0.1) is 18.4 Å². The Kier molecular flexibility index (Phi) is 5.50. The summed E-state index contributed by atoms with van der Waals surface area (Å²) in [6.07, 6.45) is -4.49. The predicted molar refractivity (Wildman–Crippen MR) is 72.0 cm³/mol. The van der Waals surface area contributed by atoms with Gasteiger partial charge in [-0.3, -0.25) is 0 Å². The van der Waals surface area contributed by atoms with Crippen LogP contribution in [0.2, 0.25) is 0 Å². The fourth-order valence-electron chi connectivity index (χ4n) is 1.71. The van der Waals surface area contributed by atoms with Crippen LogP contribution in [0.5, 0.6) is 5.75 Å². The molecule has 0 aromatic heterocycles. The van der Waals surface area contributed by atoms with Crippen LogP contribution in [-0.2, 0) is 0 Å². The molecule has 1 rings (SSSR count). The van der Waals surface area contributed by atoms with Crippen molar-refractivity contribution in [2.24, 2.45) is 0 Å². The molecule has 0 atom stereocenters. The van der Waals surface area contributed by atoms with Crippen LogP contribution in [-0.4, -0.2) is 37.1 Å². The number of nitrogens with two attached hydrogens (primary N) is 1. The molecular weight excluding hydrogens is 273 g/mol. The lowest BCUT2D eigenvalue weighted by atomic mass is 10.2. The first-order valence-corrected chi connectivity index (χ1v) is 6.21. The molecule has 4 nitrogen and oxygen atoms in total. The highest BCUT2D eigenvalue weighted by Gasteiger charge is 2.31. The Hall–Kier alpha value is -1.63. The third kappa shape index (κ3) is 5.16. The van der Waals surface area contributed by atoms with Gasteiger partial charge in [-0.05, 0) is 26.0 Å². The normalized spacial score (nSPS) is 11.8. The highest BCUT2D eigenvalue weighted by atomic mass is 19.4. The van der Waals surface area contributed by atoms with Gasteiger partial charge in [-0.2, -0.15) is 13.2 Å². The number of alkyl halides is 3. The minimum absolute atomic E-state index is 0.120. The fourth-order valence-corrected chi connectivity index (χ4v) is 1.71. The summed E-state index contributed by atoms with van der Waals surface area (Å²) in [5.41, 5.74) is 6.39. The third-order valence-electron chi connectivity index (χ3n) is 2.47. The molecule has 0 amide bonds. The highest BCUT2D eigenvalue weighted by Crippen LogP contribution is 2.30. The van der Waals surface area contributed by atoms with Gasteiger partial charge in [-0.15, -0.1) is 0 Å². The van der Waals surface area contributed by atoms with Gasteiger partial charge >= 0.3 is 6.18 Å². The maximum atomic E-state index is 12.5. The monoisotopic (exact) mass is 292 g/mol. The van der Waals surface area contributed by atoms with E-state index < -0.39 is 12.7 Å². The van der Waals surface area contributed by atoms with Crippen LogP contribution in [0.3, 0.4) is 0 Å². The molecule has 0 aliphatic rings. The van der Waals surface area contributed by atoms with Gasteiger partial charge < -0.3 is 20.5 Å². The molecule has 0 fully saturated rings. The Labute approximate surface area is 115 Å². The summed E-state index contributed by atoms with van der Waals surface area (Å²) < 4.78 is 43.0. The number of rotatable bonds is 6. The molecule has 1 aromatic rings. The molecule has 7 heteroatoms. The zero-order valence-corrected chi connectivity index (χ0v) is 11.4. The number of ether oxygens (including phenoxy) is 1. The second-order valence-corrected chi connectivity index (χ2v) is 4.65. The van der Waals surface area contributed by atoms with E-state index in [4.69, 9.17) is 15.6 Å². The maximum absolute atomic E-state index is 12.5. The number of hydrogen-bond donors (Lipinski definition) is 2. The van der Waals surface area contributed by atoms with Crippen molar-refractivity contribution < 1.29 is 23.0 Å². The molecular formula is C13H19F3N2O2. The van der Waals surface area contributed by atoms with Crippen molar-refractivity contribution in [2.45, 2.75) is 26.1 Å². The summed E-state index contributed by atoms with van der Waals surface area (Å²) in [6.45, 7) is 1.96. The molecule has 3 N–H and O–H groups in total. The topological polar surface area (TPSA) is 58.7 Å². The van der Waals surface area contributed by atoms with Gasteiger partial charge in [0.2, 0.25) is 0 Å². The smallest absolute Gasteiger partial charge is 0.405 e. The van der Waals surface area contributed by atoms with E-state index in [0.717, 1.165) is 4.90 Å². The van der Waals surface area contributed by atoms with Crippen molar-refractivity contribution in [3.63, 3.8) is 0 Å². The first-order valence-electron chi connectivity index (χ1n) is 6.21. The molecule has 0 bridgehead atoms.